The molecule has 0 aliphatic heterocycles. The Balaban J connectivity index is 2.60. The maximum Gasteiger partial charge on any atom is 0.237 e. The standard InChI is InChI=1S/C18H16Cl2N2OS/c1-3-8-21-18(24)16(22-9-4-5-12(2)11-22)17(23)13-6-7-14(19)15(20)10-13/h3-7,9-11H,1,8H2,2H3,(H-,21,23,24). The fraction of sp³-hybridized carbons (Fsp3) is 0.111. The Morgan fingerprint density at radius 1 is 1.33 bits per heavy atom. The zero-order valence-corrected chi connectivity index (χ0v) is 15.4. The first kappa shape index (κ1) is 18.5. The van der Waals surface area contributed by atoms with Crippen molar-refractivity contribution in [2.24, 2.45) is 0 Å². The largest absolute Gasteiger partial charge is 0.867 e. The van der Waals surface area contributed by atoms with Gasteiger partial charge < -0.3 is 10.4 Å². The molecular formula is C18H16Cl2N2OS. The van der Waals surface area contributed by atoms with E-state index in [1.165, 1.54) is 0 Å². The van der Waals surface area contributed by atoms with Crippen LogP contribution in [0.1, 0.15) is 11.1 Å². The Bertz CT molecular complexity index is 818. The Labute approximate surface area is 156 Å². The molecule has 0 aliphatic rings. The Hall–Kier alpha value is -1.88. The third kappa shape index (κ3) is 4.35. The Morgan fingerprint density at radius 3 is 2.71 bits per heavy atom. The smallest absolute Gasteiger partial charge is 0.237 e. The summed E-state index contributed by atoms with van der Waals surface area (Å²) in [5, 5.41) is 16.7. The fourth-order valence-electron chi connectivity index (χ4n) is 2.09. The molecule has 0 fully saturated rings. The number of aromatic nitrogens is 1. The first-order valence-corrected chi connectivity index (χ1v) is 8.34. The number of hydrogen-bond donors (Lipinski definition) is 1. The number of nitrogens with zero attached hydrogens (tertiary/aromatic N) is 1. The van der Waals surface area contributed by atoms with Gasteiger partial charge in [-0.1, -0.05) is 47.6 Å². The van der Waals surface area contributed by atoms with E-state index in [-0.39, 0.29) is 5.76 Å². The van der Waals surface area contributed by atoms with E-state index in [4.69, 9.17) is 35.4 Å². The number of nitrogens with one attached hydrogen (secondary N) is 1. The van der Waals surface area contributed by atoms with Gasteiger partial charge in [-0.05, 0) is 36.4 Å². The van der Waals surface area contributed by atoms with Gasteiger partial charge in [-0.25, -0.2) is 0 Å². The lowest BCUT2D eigenvalue weighted by molar-refractivity contribution is -0.578. The van der Waals surface area contributed by atoms with Crippen LogP contribution < -0.4 is 15.0 Å². The van der Waals surface area contributed by atoms with Gasteiger partial charge in [-0.3, -0.25) is 0 Å². The lowest BCUT2D eigenvalue weighted by atomic mass is 10.1. The average molecular weight is 379 g/mol. The van der Waals surface area contributed by atoms with Crippen LogP contribution in [0, 0.1) is 6.92 Å². The Kier molecular flexibility index (Phi) is 6.37. The molecular weight excluding hydrogens is 363 g/mol. The molecule has 0 saturated heterocycles. The number of benzene rings is 1. The lowest BCUT2D eigenvalue weighted by Crippen LogP contribution is -2.42. The number of halogens is 2. The quantitative estimate of drug-likeness (QED) is 0.285. The molecule has 0 aliphatic carbocycles. The van der Waals surface area contributed by atoms with Crippen LogP contribution in [0.25, 0.3) is 11.5 Å². The monoisotopic (exact) mass is 378 g/mol. The van der Waals surface area contributed by atoms with Gasteiger partial charge in [0.05, 0.1) is 10.0 Å². The molecule has 0 bridgehead atoms. The van der Waals surface area contributed by atoms with Crippen molar-refractivity contribution in [1.29, 1.82) is 0 Å². The number of aryl methyl sites for hydroxylation is 1. The van der Waals surface area contributed by atoms with E-state index in [2.05, 4.69) is 11.9 Å². The summed E-state index contributed by atoms with van der Waals surface area (Å²) in [6.07, 6.45) is 5.29. The van der Waals surface area contributed by atoms with E-state index in [0.717, 1.165) is 5.56 Å². The number of rotatable bonds is 5. The van der Waals surface area contributed by atoms with Crippen molar-refractivity contribution in [3.8, 4) is 0 Å². The van der Waals surface area contributed by atoms with Crippen LogP contribution >= 0.6 is 35.4 Å². The average Bonchev–Trinajstić information content (AvgIpc) is 2.55. The van der Waals surface area contributed by atoms with Crippen LogP contribution in [0.5, 0.6) is 0 Å². The summed E-state index contributed by atoms with van der Waals surface area (Å²) >= 11 is 17.4. The van der Waals surface area contributed by atoms with E-state index in [1.54, 1.807) is 35.0 Å². The van der Waals surface area contributed by atoms with Crippen molar-refractivity contribution in [2.75, 3.05) is 6.54 Å². The molecule has 2 aromatic rings. The summed E-state index contributed by atoms with van der Waals surface area (Å²) in [6.45, 7) is 6.05. The van der Waals surface area contributed by atoms with Gasteiger partial charge in [0.15, 0.2) is 17.4 Å². The summed E-state index contributed by atoms with van der Waals surface area (Å²) in [6, 6.07) is 8.56. The summed E-state index contributed by atoms with van der Waals surface area (Å²) in [4.78, 5) is 0.335. The zero-order valence-electron chi connectivity index (χ0n) is 13.1. The topological polar surface area (TPSA) is 39.0 Å². The van der Waals surface area contributed by atoms with Crippen LogP contribution in [0.2, 0.25) is 10.0 Å². The minimum absolute atomic E-state index is 0.245. The third-order valence-corrected chi connectivity index (χ3v) is 4.30. The molecule has 0 saturated carbocycles. The fourth-order valence-corrected chi connectivity index (χ4v) is 2.67. The van der Waals surface area contributed by atoms with Gasteiger partial charge in [-0.2, -0.15) is 4.57 Å². The molecule has 0 atom stereocenters. The van der Waals surface area contributed by atoms with E-state index in [1.807, 2.05) is 25.3 Å². The highest BCUT2D eigenvalue weighted by atomic mass is 35.5. The summed E-state index contributed by atoms with van der Waals surface area (Å²) < 4.78 is 1.71. The van der Waals surface area contributed by atoms with Gasteiger partial charge in [0.2, 0.25) is 5.70 Å². The van der Waals surface area contributed by atoms with E-state index in [9.17, 15) is 5.11 Å². The van der Waals surface area contributed by atoms with Crippen LogP contribution in [-0.4, -0.2) is 11.5 Å². The van der Waals surface area contributed by atoms with Crippen molar-refractivity contribution in [2.45, 2.75) is 6.92 Å². The second-order valence-electron chi connectivity index (χ2n) is 5.09. The maximum atomic E-state index is 13.0. The summed E-state index contributed by atoms with van der Waals surface area (Å²) in [5.74, 6) is -0.245. The van der Waals surface area contributed by atoms with Crippen molar-refractivity contribution < 1.29 is 9.67 Å². The van der Waals surface area contributed by atoms with Gasteiger partial charge in [-0.15, -0.1) is 6.58 Å². The SMILES string of the molecule is C=CCNC(=S)/C(=C(\[O-])c1ccc(Cl)c(Cl)c1)[n+]1cccc(C)c1. The van der Waals surface area contributed by atoms with E-state index >= 15 is 0 Å². The molecule has 24 heavy (non-hydrogen) atoms. The minimum Gasteiger partial charge on any atom is -0.867 e. The van der Waals surface area contributed by atoms with Crippen molar-refractivity contribution in [3.05, 3.63) is 76.6 Å². The van der Waals surface area contributed by atoms with Crippen molar-refractivity contribution in [3.63, 3.8) is 0 Å². The molecule has 1 N–H and O–H groups in total. The maximum absolute atomic E-state index is 13.0. The lowest BCUT2D eigenvalue weighted by Gasteiger charge is -2.17. The highest BCUT2D eigenvalue weighted by Gasteiger charge is 2.18. The van der Waals surface area contributed by atoms with Gasteiger partial charge >= 0.3 is 0 Å². The van der Waals surface area contributed by atoms with E-state index < -0.39 is 0 Å². The summed E-state index contributed by atoms with van der Waals surface area (Å²) in [5.41, 5.74) is 1.76. The molecule has 0 unspecified atom stereocenters. The predicted molar refractivity (Wildman–Crippen MR) is 102 cm³/mol. The van der Waals surface area contributed by atoms with Gasteiger partial charge in [0, 0.05) is 18.2 Å². The molecule has 0 radical (unpaired) electrons. The highest BCUT2D eigenvalue weighted by Crippen LogP contribution is 2.25. The first-order chi connectivity index (χ1) is 11.4. The second kappa shape index (κ2) is 8.29. The first-order valence-electron chi connectivity index (χ1n) is 7.18. The molecule has 1 aromatic heterocycles. The molecule has 1 heterocycles. The molecule has 1 aromatic carbocycles. The second-order valence-corrected chi connectivity index (χ2v) is 6.32. The molecule has 124 valence electrons. The molecule has 0 spiro atoms. The molecule has 3 nitrogen and oxygen atoms in total. The molecule has 2 rings (SSSR count). The molecule has 6 heteroatoms. The minimum atomic E-state index is -0.245. The van der Waals surface area contributed by atoms with Crippen molar-refractivity contribution in [1.82, 2.24) is 5.32 Å². The number of thiocarbonyl (C=S) groups is 1. The van der Waals surface area contributed by atoms with E-state index in [0.29, 0.717) is 32.8 Å². The van der Waals surface area contributed by atoms with Gasteiger partial charge in [0.1, 0.15) is 0 Å². The molecule has 0 amide bonds. The van der Waals surface area contributed by atoms with Crippen LogP contribution in [0.4, 0.5) is 0 Å². The van der Waals surface area contributed by atoms with Crippen LogP contribution in [-0.2, 0) is 0 Å². The third-order valence-electron chi connectivity index (χ3n) is 3.23. The highest BCUT2D eigenvalue weighted by molar-refractivity contribution is 7.81. The number of pyridine rings is 1. The van der Waals surface area contributed by atoms with Crippen molar-refractivity contribution >= 4 is 51.9 Å². The predicted octanol–water partition coefficient (Wildman–Crippen LogP) is 3.38. The zero-order chi connectivity index (χ0) is 17.7. The van der Waals surface area contributed by atoms with Crippen LogP contribution in [0.3, 0.4) is 0 Å². The summed E-state index contributed by atoms with van der Waals surface area (Å²) in [7, 11) is 0. The van der Waals surface area contributed by atoms with Gasteiger partial charge in [0.25, 0.3) is 0 Å². The Morgan fingerprint density at radius 2 is 2.08 bits per heavy atom. The van der Waals surface area contributed by atoms with Crippen LogP contribution in [0.15, 0.2) is 55.4 Å². The normalized spacial score (nSPS) is 11.6. The number of hydrogen-bond acceptors (Lipinski definition) is 2.